The van der Waals surface area contributed by atoms with Crippen LogP contribution in [0, 0.1) is 5.92 Å². The van der Waals surface area contributed by atoms with E-state index in [0.29, 0.717) is 6.42 Å². The lowest BCUT2D eigenvalue weighted by molar-refractivity contribution is -0.142. The maximum atomic E-state index is 12.5. The van der Waals surface area contributed by atoms with Crippen LogP contribution >= 0.6 is 12.6 Å². The summed E-state index contributed by atoms with van der Waals surface area (Å²) in [5, 5.41) is 16.0. The summed E-state index contributed by atoms with van der Waals surface area (Å²) >= 11 is 4.05. The SMILES string of the molecule is CCC(C)C(N)C(=O)NC(CS)C(=O)NC(CCC(N)=O)C(=O)NC(C)C(=O)O. The maximum absolute atomic E-state index is 12.5. The van der Waals surface area contributed by atoms with E-state index in [1.807, 2.05) is 6.92 Å². The van der Waals surface area contributed by atoms with Gasteiger partial charge < -0.3 is 32.5 Å². The number of carbonyl (C=O) groups is 5. The quantitative estimate of drug-likeness (QED) is 0.165. The van der Waals surface area contributed by atoms with Crippen molar-refractivity contribution in [2.24, 2.45) is 17.4 Å². The first-order valence-electron chi connectivity index (χ1n) is 9.23. The molecule has 11 nitrogen and oxygen atoms in total. The number of thiol groups is 1. The van der Waals surface area contributed by atoms with Crippen LogP contribution in [0.1, 0.15) is 40.0 Å². The first kappa shape index (κ1) is 26.7. The van der Waals surface area contributed by atoms with Crippen molar-refractivity contribution in [2.45, 2.75) is 64.2 Å². The average molecular weight is 434 g/mol. The van der Waals surface area contributed by atoms with Crippen LogP contribution in [-0.4, -0.2) is 64.6 Å². The molecule has 0 aliphatic rings. The molecule has 0 fully saturated rings. The smallest absolute Gasteiger partial charge is 0.325 e. The molecule has 4 amide bonds. The van der Waals surface area contributed by atoms with Gasteiger partial charge in [0.05, 0.1) is 6.04 Å². The normalized spacial score (nSPS) is 15.9. The number of nitrogens with one attached hydrogen (secondary N) is 3. The molecule has 166 valence electrons. The van der Waals surface area contributed by atoms with Crippen molar-refractivity contribution in [1.82, 2.24) is 16.0 Å². The highest BCUT2D eigenvalue weighted by molar-refractivity contribution is 7.80. The minimum Gasteiger partial charge on any atom is -0.480 e. The van der Waals surface area contributed by atoms with Crippen LogP contribution in [0.25, 0.3) is 0 Å². The van der Waals surface area contributed by atoms with Gasteiger partial charge >= 0.3 is 5.97 Å². The summed E-state index contributed by atoms with van der Waals surface area (Å²) in [6.45, 7) is 4.93. The topological polar surface area (TPSA) is 194 Å². The van der Waals surface area contributed by atoms with Gasteiger partial charge in [-0.1, -0.05) is 20.3 Å². The predicted molar refractivity (Wildman–Crippen MR) is 109 cm³/mol. The Morgan fingerprint density at radius 1 is 0.966 bits per heavy atom. The van der Waals surface area contributed by atoms with Gasteiger partial charge in [-0.25, -0.2) is 0 Å². The Labute approximate surface area is 175 Å². The highest BCUT2D eigenvalue weighted by atomic mass is 32.1. The van der Waals surface area contributed by atoms with E-state index in [1.54, 1.807) is 6.92 Å². The third-order valence-electron chi connectivity index (χ3n) is 4.42. The Morgan fingerprint density at radius 3 is 1.93 bits per heavy atom. The van der Waals surface area contributed by atoms with Crippen LogP contribution < -0.4 is 27.4 Å². The van der Waals surface area contributed by atoms with Crippen molar-refractivity contribution < 1.29 is 29.1 Å². The van der Waals surface area contributed by atoms with Gasteiger partial charge in [-0.2, -0.15) is 12.6 Å². The second kappa shape index (κ2) is 13.0. The second-order valence-electron chi connectivity index (χ2n) is 6.79. The molecule has 12 heteroatoms. The Bertz CT molecular complexity index is 617. The zero-order valence-electron chi connectivity index (χ0n) is 16.8. The molecule has 0 saturated heterocycles. The summed E-state index contributed by atoms with van der Waals surface area (Å²) < 4.78 is 0. The van der Waals surface area contributed by atoms with Crippen molar-refractivity contribution in [3.05, 3.63) is 0 Å². The number of carboxylic acids is 1. The number of amides is 4. The zero-order valence-corrected chi connectivity index (χ0v) is 17.7. The molecule has 0 aliphatic heterocycles. The Balaban J connectivity index is 5.18. The molecule has 5 unspecified atom stereocenters. The Hall–Kier alpha value is -2.34. The van der Waals surface area contributed by atoms with E-state index in [0.717, 1.165) is 0 Å². The molecular weight excluding hydrogens is 402 g/mol. The summed E-state index contributed by atoms with van der Waals surface area (Å²) in [6.07, 6.45) is 0.318. The van der Waals surface area contributed by atoms with E-state index in [-0.39, 0.29) is 24.5 Å². The van der Waals surface area contributed by atoms with Gasteiger partial charge in [-0.05, 0) is 19.3 Å². The van der Waals surface area contributed by atoms with Gasteiger partial charge in [0.2, 0.25) is 23.6 Å². The number of carboxylic acid groups (broad SMARTS) is 1. The molecule has 0 saturated carbocycles. The Morgan fingerprint density at radius 2 is 1.48 bits per heavy atom. The molecule has 0 radical (unpaired) electrons. The number of hydrogen-bond acceptors (Lipinski definition) is 7. The molecule has 0 aliphatic carbocycles. The molecule has 0 aromatic carbocycles. The zero-order chi connectivity index (χ0) is 22.7. The van der Waals surface area contributed by atoms with Gasteiger partial charge in [-0.15, -0.1) is 0 Å². The van der Waals surface area contributed by atoms with Crippen molar-refractivity contribution in [3.63, 3.8) is 0 Å². The minimum absolute atomic E-state index is 0.0690. The van der Waals surface area contributed by atoms with Crippen LogP contribution in [0.4, 0.5) is 0 Å². The fourth-order valence-corrected chi connectivity index (χ4v) is 2.43. The number of rotatable bonds is 13. The van der Waals surface area contributed by atoms with Gasteiger partial charge in [0.1, 0.15) is 18.1 Å². The van der Waals surface area contributed by atoms with Gasteiger partial charge in [0.15, 0.2) is 0 Å². The summed E-state index contributed by atoms with van der Waals surface area (Å²) in [5.74, 6) is -4.19. The van der Waals surface area contributed by atoms with Crippen LogP contribution in [0.3, 0.4) is 0 Å². The molecular formula is C17H31N5O6S. The number of aliphatic carboxylic acids is 1. The van der Waals surface area contributed by atoms with Crippen LogP contribution in [0.2, 0.25) is 0 Å². The predicted octanol–water partition coefficient (Wildman–Crippen LogP) is -1.89. The molecule has 0 rings (SSSR count). The van der Waals surface area contributed by atoms with E-state index >= 15 is 0 Å². The second-order valence-corrected chi connectivity index (χ2v) is 7.15. The summed E-state index contributed by atoms with van der Waals surface area (Å²) in [5.41, 5.74) is 10.9. The number of carbonyl (C=O) groups excluding carboxylic acids is 4. The van der Waals surface area contributed by atoms with E-state index < -0.39 is 53.8 Å². The summed E-state index contributed by atoms with van der Waals surface area (Å²) in [6, 6.07) is -4.33. The third-order valence-corrected chi connectivity index (χ3v) is 4.78. The fourth-order valence-electron chi connectivity index (χ4n) is 2.18. The summed E-state index contributed by atoms with van der Waals surface area (Å²) in [7, 11) is 0. The fraction of sp³-hybridized carbons (Fsp3) is 0.706. The van der Waals surface area contributed by atoms with Crippen molar-refractivity contribution in [2.75, 3.05) is 5.75 Å². The third kappa shape index (κ3) is 9.61. The van der Waals surface area contributed by atoms with Gasteiger partial charge in [0, 0.05) is 12.2 Å². The number of nitrogens with two attached hydrogens (primary N) is 2. The summed E-state index contributed by atoms with van der Waals surface area (Å²) in [4.78, 5) is 59.0. The molecule has 8 N–H and O–H groups in total. The lowest BCUT2D eigenvalue weighted by Crippen LogP contribution is -2.58. The molecule has 29 heavy (non-hydrogen) atoms. The molecule has 0 aromatic heterocycles. The highest BCUT2D eigenvalue weighted by Crippen LogP contribution is 2.06. The molecule has 0 spiro atoms. The first-order valence-corrected chi connectivity index (χ1v) is 9.86. The van der Waals surface area contributed by atoms with Crippen LogP contribution in [0.15, 0.2) is 0 Å². The highest BCUT2D eigenvalue weighted by Gasteiger charge is 2.29. The van der Waals surface area contributed by atoms with Crippen molar-refractivity contribution >= 4 is 42.2 Å². The number of primary amides is 1. The van der Waals surface area contributed by atoms with Gasteiger partial charge in [-0.3, -0.25) is 24.0 Å². The van der Waals surface area contributed by atoms with E-state index in [4.69, 9.17) is 16.6 Å². The lowest BCUT2D eigenvalue weighted by atomic mass is 9.99. The average Bonchev–Trinajstić information content (AvgIpc) is 2.66. The monoisotopic (exact) mass is 433 g/mol. The van der Waals surface area contributed by atoms with E-state index in [9.17, 15) is 24.0 Å². The Kier molecular flexibility index (Phi) is 11.9. The van der Waals surface area contributed by atoms with Crippen molar-refractivity contribution in [3.8, 4) is 0 Å². The van der Waals surface area contributed by atoms with Gasteiger partial charge in [0.25, 0.3) is 0 Å². The maximum Gasteiger partial charge on any atom is 0.325 e. The van der Waals surface area contributed by atoms with Crippen LogP contribution in [-0.2, 0) is 24.0 Å². The first-order chi connectivity index (χ1) is 13.4. The van der Waals surface area contributed by atoms with E-state index in [1.165, 1.54) is 6.92 Å². The van der Waals surface area contributed by atoms with Crippen molar-refractivity contribution in [1.29, 1.82) is 0 Å². The number of hydrogen-bond donors (Lipinski definition) is 7. The van der Waals surface area contributed by atoms with E-state index in [2.05, 4.69) is 28.6 Å². The largest absolute Gasteiger partial charge is 0.480 e. The standard InChI is InChI=1S/C17H31N5O6S/c1-4-8(2)13(19)16(26)22-11(7-29)15(25)21-10(5-6-12(18)23)14(24)20-9(3)17(27)28/h8-11,13,29H,4-7,19H2,1-3H3,(H2,18,23)(H,20,24)(H,21,25)(H,22,26)(H,27,28). The molecule has 0 aromatic rings. The minimum atomic E-state index is -1.27. The molecule has 0 bridgehead atoms. The molecule has 0 heterocycles. The molecule has 5 atom stereocenters. The van der Waals surface area contributed by atoms with Crippen LogP contribution in [0.5, 0.6) is 0 Å². The lowest BCUT2D eigenvalue weighted by Gasteiger charge is -2.24.